The SMILES string of the molecule is NCc1ccc(CN(CCCCN(O)C(=O)/C=C/C(=O)O)C(=S)Nc2ccc(C3=C4C=CC(=O)C=C4Cc4cc(O)ccc43)c(C(=O)O)c2)cc1. The highest BCUT2D eigenvalue weighted by Gasteiger charge is 2.28. The number of fused-ring (bicyclic) bond motifs is 2. The third-order valence-corrected chi connectivity index (χ3v) is 8.81. The Balaban J connectivity index is 1.39. The lowest BCUT2D eigenvalue weighted by atomic mass is 9.76. The largest absolute Gasteiger partial charge is 0.508 e. The standard InChI is InChI=1S/C38H36N4O8S/c39-21-23-3-5-24(6-4-23)22-41(15-1-2-16-42(50)34(45)13-14-35(46)47)38(51)40-27-7-10-32(33(20-27)37(48)49)36-30-11-8-28(43)18-25(30)17-26-19-29(44)9-12-31(26)36/h3-14,18-20,43,50H,1-2,15-17,21-22,39H2,(H,40,51)(H,46,47)(H,48,49)/b14-13+. The predicted molar refractivity (Wildman–Crippen MR) is 194 cm³/mol. The molecule has 3 aromatic carbocycles. The number of ketones is 1. The highest BCUT2D eigenvalue weighted by atomic mass is 32.1. The quantitative estimate of drug-likeness (QED) is 0.0467. The van der Waals surface area contributed by atoms with Crippen LogP contribution in [0.2, 0.25) is 0 Å². The third-order valence-electron chi connectivity index (χ3n) is 8.45. The van der Waals surface area contributed by atoms with Gasteiger partial charge in [0, 0.05) is 44.0 Å². The van der Waals surface area contributed by atoms with Crippen molar-refractivity contribution in [3.05, 3.63) is 136 Å². The van der Waals surface area contributed by atoms with Crippen molar-refractivity contribution in [2.45, 2.75) is 32.4 Å². The Kier molecular flexibility index (Phi) is 11.6. The fourth-order valence-corrected chi connectivity index (χ4v) is 6.22. The maximum atomic E-state index is 12.7. The second kappa shape index (κ2) is 16.2. The van der Waals surface area contributed by atoms with E-state index in [0.29, 0.717) is 72.0 Å². The van der Waals surface area contributed by atoms with Gasteiger partial charge in [0.05, 0.1) is 5.56 Å². The van der Waals surface area contributed by atoms with Crippen molar-refractivity contribution in [1.29, 1.82) is 0 Å². The number of phenolic OH excluding ortho intramolecular Hbond substituents is 1. The molecule has 2 aliphatic carbocycles. The molecule has 3 aromatic rings. The minimum Gasteiger partial charge on any atom is -0.508 e. The monoisotopic (exact) mass is 708 g/mol. The zero-order chi connectivity index (χ0) is 36.7. The lowest BCUT2D eigenvalue weighted by molar-refractivity contribution is -0.159. The summed E-state index contributed by atoms with van der Waals surface area (Å²) in [6.45, 7) is 1.15. The van der Waals surface area contributed by atoms with Crippen molar-refractivity contribution in [3.8, 4) is 5.75 Å². The molecule has 0 atom stereocenters. The first-order valence-electron chi connectivity index (χ1n) is 16.1. The van der Waals surface area contributed by atoms with Gasteiger partial charge in [0.2, 0.25) is 0 Å². The van der Waals surface area contributed by atoms with Crippen molar-refractivity contribution in [3.63, 3.8) is 0 Å². The summed E-state index contributed by atoms with van der Waals surface area (Å²) in [5.74, 6) is -3.43. The van der Waals surface area contributed by atoms with Gasteiger partial charge in [0.1, 0.15) is 5.75 Å². The Morgan fingerprint density at radius 1 is 0.902 bits per heavy atom. The molecule has 0 spiro atoms. The van der Waals surface area contributed by atoms with Gasteiger partial charge in [0.15, 0.2) is 10.9 Å². The molecular weight excluding hydrogens is 673 g/mol. The molecule has 0 aromatic heterocycles. The number of anilines is 1. The highest BCUT2D eigenvalue weighted by molar-refractivity contribution is 7.80. The number of carbonyl (C=O) groups is 4. The number of carboxylic acid groups (broad SMARTS) is 2. The van der Waals surface area contributed by atoms with Gasteiger partial charge in [-0.15, -0.1) is 0 Å². The van der Waals surface area contributed by atoms with E-state index in [-0.39, 0.29) is 23.6 Å². The average molecular weight is 709 g/mol. The second-order valence-electron chi connectivity index (χ2n) is 12.0. The fraction of sp³-hybridized carbons (Fsp3) is 0.184. The van der Waals surface area contributed by atoms with Crippen LogP contribution in [-0.2, 0) is 33.9 Å². The number of carbonyl (C=O) groups excluding carboxylic acids is 2. The van der Waals surface area contributed by atoms with Gasteiger partial charge in [-0.05, 0) is 112 Å². The smallest absolute Gasteiger partial charge is 0.336 e. The lowest BCUT2D eigenvalue weighted by Crippen LogP contribution is -2.35. The predicted octanol–water partition coefficient (Wildman–Crippen LogP) is 4.81. The van der Waals surface area contributed by atoms with Crippen LogP contribution in [-0.4, -0.2) is 72.3 Å². The molecule has 1 amide bonds. The molecule has 0 unspecified atom stereocenters. The van der Waals surface area contributed by atoms with Gasteiger partial charge in [-0.3, -0.25) is 14.8 Å². The number of nitrogens with one attached hydrogen (secondary N) is 1. The number of benzene rings is 3. The minimum absolute atomic E-state index is 0.00412. The molecule has 51 heavy (non-hydrogen) atoms. The van der Waals surface area contributed by atoms with Crippen molar-refractivity contribution in [2.75, 3.05) is 18.4 Å². The van der Waals surface area contributed by atoms with Crippen LogP contribution >= 0.6 is 12.2 Å². The number of carboxylic acids is 2. The number of nitrogens with two attached hydrogens (primary N) is 1. The molecule has 13 heteroatoms. The molecule has 7 N–H and O–H groups in total. The first-order chi connectivity index (χ1) is 24.4. The number of aromatic carboxylic acids is 1. The molecule has 262 valence electrons. The topological polar surface area (TPSA) is 194 Å². The number of aromatic hydroxyl groups is 1. The summed E-state index contributed by atoms with van der Waals surface area (Å²) in [5.41, 5.74) is 12.2. The molecule has 0 bridgehead atoms. The van der Waals surface area contributed by atoms with Crippen molar-refractivity contribution in [2.24, 2.45) is 5.73 Å². The zero-order valence-corrected chi connectivity index (χ0v) is 28.2. The van der Waals surface area contributed by atoms with Crippen LogP contribution < -0.4 is 11.1 Å². The molecule has 0 saturated heterocycles. The molecule has 5 rings (SSSR count). The minimum atomic E-state index is -1.30. The number of hydroxylamine groups is 2. The lowest BCUT2D eigenvalue weighted by Gasteiger charge is -2.28. The first-order valence-corrected chi connectivity index (χ1v) is 16.5. The Morgan fingerprint density at radius 3 is 2.31 bits per heavy atom. The van der Waals surface area contributed by atoms with E-state index >= 15 is 0 Å². The normalized spacial score (nSPS) is 13.4. The summed E-state index contributed by atoms with van der Waals surface area (Å²) in [4.78, 5) is 49.5. The van der Waals surface area contributed by atoms with Gasteiger partial charge < -0.3 is 31.3 Å². The number of thiocarbonyl (C=S) groups is 1. The van der Waals surface area contributed by atoms with E-state index in [9.17, 15) is 34.6 Å². The highest BCUT2D eigenvalue weighted by Crippen LogP contribution is 2.43. The Morgan fingerprint density at radius 2 is 1.61 bits per heavy atom. The Bertz CT molecular complexity index is 2020. The van der Waals surface area contributed by atoms with Crippen molar-refractivity contribution < 1.29 is 39.7 Å². The number of hydrogen-bond donors (Lipinski definition) is 6. The molecule has 0 radical (unpaired) electrons. The van der Waals surface area contributed by atoms with Crippen LogP contribution in [0, 0.1) is 0 Å². The number of amides is 1. The van der Waals surface area contributed by atoms with E-state index in [1.807, 2.05) is 29.2 Å². The number of hydrogen-bond acceptors (Lipinski definition) is 8. The van der Waals surface area contributed by atoms with Gasteiger partial charge in [-0.1, -0.05) is 42.5 Å². The van der Waals surface area contributed by atoms with Gasteiger partial charge >= 0.3 is 11.9 Å². The van der Waals surface area contributed by atoms with Gasteiger partial charge in [-0.2, -0.15) is 0 Å². The molecule has 0 saturated carbocycles. The zero-order valence-electron chi connectivity index (χ0n) is 27.4. The molecule has 12 nitrogen and oxygen atoms in total. The number of phenols is 1. The van der Waals surface area contributed by atoms with Gasteiger partial charge in [0.25, 0.3) is 5.91 Å². The summed E-state index contributed by atoms with van der Waals surface area (Å²) >= 11 is 5.81. The number of nitrogens with zero attached hydrogens (tertiary/aromatic N) is 2. The summed E-state index contributed by atoms with van der Waals surface area (Å²) in [6.07, 6.45) is 7.38. The summed E-state index contributed by atoms with van der Waals surface area (Å²) < 4.78 is 0. The molecular formula is C38H36N4O8S. The van der Waals surface area contributed by atoms with Crippen LogP contribution in [0.4, 0.5) is 5.69 Å². The summed E-state index contributed by atoms with van der Waals surface area (Å²) in [7, 11) is 0. The van der Waals surface area contributed by atoms with Crippen LogP contribution in [0.3, 0.4) is 0 Å². The summed E-state index contributed by atoms with van der Waals surface area (Å²) in [6, 6.07) is 17.5. The van der Waals surface area contributed by atoms with Crippen LogP contribution in [0.25, 0.3) is 5.57 Å². The number of allylic oxidation sites excluding steroid dienone is 5. The Hall–Kier alpha value is -5.89. The molecule has 0 aliphatic heterocycles. The number of aliphatic carboxylic acids is 1. The second-order valence-corrected chi connectivity index (χ2v) is 12.4. The number of unbranched alkanes of at least 4 members (excludes halogenated alkanes) is 1. The maximum absolute atomic E-state index is 12.7. The molecule has 0 heterocycles. The van der Waals surface area contributed by atoms with E-state index < -0.39 is 17.8 Å². The van der Waals surface area contributed by atoms with Crippen LogP contribution in [0.5, 0.6) is 5.75 Å². The van der Waals surface area contributed by atoms with E-state index in [4.69, 9.17) is 23.1 Å². The van der Waals surface area contributed by atoms with E-state index in [2.05, 4.69) is 5.32 Å². The van der Waals surface area contributed by atoms with Gasteiger partial charge in [-0.25, -0.2) is 14.7 Å². The van der Waals surface area contributed by atoms with Crippen molar-refractivity contribution in [1.82, 2.24) is 9.96 Å². The first kappa shape index (κ1) is 36.4. The van der Waals surface area contributed by atoms with Crippen LogP contribution in [0.15, 0.2) is 102 Å². The summed E-state index contributed by atoms with van der Waals surface area (Å²) in [5, 5.41) is 43.2. The van der Waals surface area contributed by atoms with E-state index in [1.165, 1.54) is 18.2 Å². The third kappa shape index (κ3) is 9.02. The molecule has 0 fully saturated rings. The Labute approximate surface area is 299 Å². The van der Waals surface area contributed by atoms with E-state index in [0.717, 1.165) is 39.5 Å². The average Bonchev–Trinajstić information content (AvgIpc) is 3.10. The van der Waals surface area contributed by atoms with Crippen LogP contribution in [0.1, 0.15) is 51.0 Å². The maximum Gasteiger partial charge on any atom is 0.336 e. The van der Waals surface area contributed by atoms with Crippen molar-refractivity contribution >= 4 is 52.2 Å². The number of rotatable bonds is 13. The molecule has 2 aliphatic rings. The van der Waals surface area contributed by atoms with E-state index in [1.54, 1.807) is 36.4 Å². The fourth-order valence-electron chi connectivity index (χ4n) is 5.95.